The third kappa shape index (κ3) is 4.50. The number of nitrogens with zero attached hydrogens (tertiary/aromatic N) is 4. The highest BCUT2D eigenvalue weighted by Crippen LogP contribution is 2.36. The zero-order valence-corrected chi connectivity index (χ0v) is 20.1. The molecule has 1 N–H and O–H groups in total. The summed E-state index contributed by atoms with van der Waals surface area (Å²) < 4.78 is 1.20. The molecule has 0 saturated heterocycles. The Morgan fingerprint density at radius 1 is 0.973 bits per heavy atom. The number of thioether (sulfide) groups is 1. The smallest absolute Gasteiger partial charge is 0.292 e. The van der Waals surface area contributed by atoms with E-state index in [1.54, 1.807) is 24.3 Å². The Labute approximate surface area is 215 Å². The Kier molecular flexibility index (Phi) is 6.11. The first kappa shape index (κ1) is 24.0. The van der Waals surface area contributed by atoms with Crippen LogP contribution >= 0.6 is 23.1 Å². The first-order valence-electron chi connectivity index (χ1n) is 10.5. The van der Waals surface area contributed by atoms with Crippen LogP contribution < -0.4 is 10.2 Å². The Bertz CT molecular complexity index is 1650. The van der Waals surface area contributed by atoms with Crippen LogP contribution in [-0.2, 0) is 4.79 Å². The van der Waals surface area contributed by atoms with E-state index in [1.165, 1.54) is 41.7 Å². The van der Waals surface area contributed by atoms with Gasteiger partial charge in [-0.05, 0) is 30.3 Å². The second-order valence-corrected chi connectivity index (χ2v) is 9.93. The lowest BCUT2D eigenvalue weighted by molar-refractivity contribution is -0.384. The van der Waals surface area contributed by atoms with Crippen molar-refractivity contribution in [2.45, 2.75) is 4.34 Å². The fraction of sp³-hybridized carbons (Fsp3) is 0.0435. The number of anilines is 2. The number of hydrogen-bond acceptors (Lipinski definition) is 10. The van der Waals surface area contributed by atoms with E-state index in [2.05, 4.69) is 10.3 Å². The maximum atomic E-state index is 12.9. The molecule has 1 aliphatic rings. The molecule has 14 heteroatoms. The van der Waals surface area contributed by atoms with Gasteiger partial charge in [-0.1, -0.05) is 23.9 Å². The summed E-state index contributed by atoms with van der Waals surface area (Å²) >= 11 is 2.38. The van der Waals surface area contributed by atoms with E-state index in [-0.39, 0.29) is 39.6 Å². The summed E-state index contributed by atoms with van der Waals surface area (Å²) in [6.45, 7) is 0. The van der Waals surface area contributed by atoms with Crippen LogP contribution in [0.5, 0.6) is 0 Å². The molecule has 1 aliphatic heterocycles. The third-order valence-corrected chi connectivity index (χ3v) is 7.55. The van der Waals surface area contributed by atoms with Crippen molar-refractivity contribution in [1.82, 2.24) is 4.98 Å². The van der Waals surface area contributed by atoms with E-state index >= 15 is 0 Å². The Morgan fingerprint density at radius 2 is 1.73 bits per heavy atom. The molecule has 3 aromatic carbocycles. The molecule has 5 rings (SSSR count). The molecule has 0 unspecified atom stereocenters. The van der Waals surface area contributed by atoms with Crippen LogP contribution in [0.3, 0.4) is 0 Å². The highest BCUT2D eigenvalue weighted by Gasteiger charge is 2.38. The number of carbonyl (C=O) groups is 3. The number of rotatable bonds is 7. The number of thiazole rings is 1. The molecule has 0 saturated carbocycles. The Balaban J connectivity index is 1.32. The maximum Gasteiger partial charge on any atom is 0.292 e. The molecule has 1 aromatic heterocycles. The van der Waals surface area contributed by atoms with Gasteiger partial charge in [0, 0.05) is 18.2 Å². The summed E-state index contributed by atoms with van der Waals surface area (Å²) in [7, 11) is 0. The highest BCUT2D eigenvalue weighted by molar-refractivity contribution is 8.01. The summed E-state index contributed by atoms with van der Waals surface area (Å²) in [5.74, 6) is -1.73. The molecule has 0 atom stereocenters. The molecule has 0 fully saturated rings. The van der Waals surface area contributed by atoms with Crippen LogP contribution in [-0.4, -0.2) is 38.3 Å². The molecule has 0 spiro atoms. The molecule has 4 aromatic rings. The topological polar surface area (TPSA) is 166 Å². The van der Waals surface area contributed by atoms with E-state index in [0.717, 1.165) is 22.7 Å². The fourth-order valence-electron chi connectivity index (χ4n) is 3.72. The Morgan fingerprint density at radius 3 is 2.49 bits per heavy atom. The van der Waals surface area contributed by atoms with Crippen molar-refractivity contribution in [3.05, 3.63) is 92.0 Å². The molecule has 0 aliphatic carbocycles. The van der Waals surface area contributed by atoms with Gasteiger partial charge < -0.3 is 5.32 Å². The molecule has 184 valence electrons. The summed E-state index contributed by atoms with van der Waals surface area (Å²) in [6, 6.07) is 14.1. The number of aromatic nitrogens is 1. The normalized spacial score (nSPS) is 12.6. The summed E-state index contributed by atoms with van der Waals surface area (Å²) in [6.07, 6.45) is 0. The number of nitro benzene ring substituents is 2. The van der Waals surface area contributed by atoms with Crippen molar-refractivity contribution in [2.75, 3.05) is 16.0 Å². The van der Waals surface area contributed by atoms with Gasteiger partial charge in [-0.3, -0.25) is 34.6 Å². The van der Waals surface area contributed by atoms with Crippen molar-refractivity contribution < 1.29 is 24.2 Å². The summed E-state index contributed by atoms with van der Waals surface area (Å²) in [5, 5.41) is 24.7. The minimum absolute atomic E-state index is 0.0375. The minimum Gasteiger partial charge on any atom is -0.320 e. The van der Waals surface area contributed by atoms with E-state index < -0.39 is 27.6 Å². The molecule has 3 amide bonds. The van der Waals surface area contributed by atoms with Crippen LogP contribution in [0.4, 0.5) is 22.7 Å². The fourth-order valence-corrected chi connectivity index (χ4v) is 5.62. The van der Waals surface area contributed by atoms with Crippen molar-refractivity contribution in [3.8, 4) is 0 Å². The number of nitro groups is 2. The van der Waals surface area contributed by atoms with Gasteiger partial charge in [-0.25, -0.2) is 9.88 Å². The average Bonchev–Trinajstić information content (AvgIpc) is 3.40. The van der Waals surface area contributed by atoms with Crippen molar-refractivity contribution in [3.63, 3.8) is 0 Å². The average molecular weight is 536 g/mol. The number of para-hydroxylation sites is 2. The van der Waals surface area contributed by atoms with Crippen LogP contribution in [0.1, 0.15) is 20.7 Å². The van der Waals surface area contributed by atoms with Gasteiger partial charge >= 0.3 is 0 Å². The van der Waals surface area contributed by atoms with E-state index in [0.29, 0.717) is 14.6 Å². The van der Waals surface area contributed by atoms with E-state index in [4.69, 9.17) is 0 Å². The second kappa shape index (κ2) is 9.40. The van der Waals surface area contributed by atoms with Crippen LogP contribution in [0.15, 0.2) is 65.0 Å². The maximum absolute atomic E-state index is 12.9. The summed E-state index contributed by atoms with van der Waals surface area (Å²) in [4.78, 5) is 64.5. The third-order valence-electron chi connectivity index (χ3n) is 5.39. The van der Waals surface area contributed by atoms with E-state index in [1.807, 2.05) is 0 Å². The van der Waals surface area contributed by atoms with Gasteiger partial charge in [0.25, 0.3) is 23.2 Å². The number of imide groups is 1. The number of fused-ring (bicyclic) bond motifs is 2. The highest BCUT2D eigenvalue weighted by atomic mass is 32.2. The van der Waals surface area contributed by atoms with Gasteiger partial charge in [0.1, 0.15) is 5.69 Å². The van der Waals surface area contributed by atoms with Gasteiger partial charge in [-0.2, -0.15) is 0 Å². The van der Waals surface area contributed by atoms with Gasteiger partial charge in [0.2, 0.25) is 5.91 Å². The molecule has 2 heterocycles. The number of non-ortho nitro benzene ring substituents is 1. The Hall–Kier alpha value is -4.69. The first-order valence-corrected chi connectivity index (χ1v) is 12.3. The number of benzene rings is 3. The van der Waals surface area contributed by atoms with Crippen molar-refractivity contribution >= 4 is 73.8 Å². The first-order chi connectivity index (χ1) is 17.7. The molecular formula is C23H13N5O7S2. The lowest BCUT2D eigenvalue weighted by atomic mass is 10.1. The largest absolute Gasteiger partial charge is 0.320 e. The van der Waals surface area contributed by atoms with Crippen molar-refractivity contribution in [2.24, 2.45) is 0 Å². The van der Waals surface area contributed by atoms with Crippen LogP contribution in [0, 0.1) is 20.2 Å². The zero-order valence-electron chi connectivity index (χ0n) is 18.4. The molecular weight excluding hydrogens is 522 g/mol. The number of hydrogen-bond donors (Lipinski definition) is 1. The molecule has 37 heavy (non-hydrogen) atoms. The predicted molar refractivity (Wildman–Crippen MR) is 136 cm³/mol. The zero-order chi connectivity index (χ0) is 26.3. The SMILES string of the molecule is O=C(CSc1nc2ccc(N3C(=O)c4ccc([N+](=O)[O-])cc4C3=O)cc2s1)Nc1ccccc1[N+](=O)[O-]. The van der Waals surface area contributed by atoms with Gasteiger partial charge in [0.05, 0.1) is 42.6 Å². The molecule has 12 nitrogen and oxygen atoms in total. The molecule has 0 radical (unpaired) electrons. The summed E-state index contributed by atoms with van der Waals surface area (Å²) in [5.41, 5.74) is 0.519. The van der Waals surface area contributed by atoms with E-state index in [9.17, 15) is 34.6 Å². The lowest BCUT2D eigenvalue weighted by Crippen LogP contribution is -2.29. The van der Waals surface area contributed by atoms with Crippen molar-refractivity contribution in [1.29, 1.82) is 0 Å². The lowest BCUT2D eigenvalue weighted by Gasteiger charge is -2.13. The van der Waals surface area contributed by atoms with Gasteiger partial charge in [-0.15, -0.1) is 11.3 Å². The van der Waals surface area contributed by atoms with Crippen LogP contribution in [0.2, 0.25) is 0 Å². The monoisotopic (exact) mass is 535 g/mol. The molecule has 0 bridgehead atoms. The minimum atomic E-state index is -0.658. The second-order valence-electron chi connectivity index (χ2n) is 7.68. The number of nitrogens with one attached hydrogen (secondary N) is 1. The number of carbonyl (C=O) groups excluding carboxylic acids is 3. The van der Waals surface area contributed by atoms with Gasteiger partial charge in [0.15, 0.2) is 4.34 Å². The standard InChI is InChI=1S/C23H13N5O7S2/c29-20(24-16-3-1-2-4-18(16)28(34)35)11-36-23-25-17-8-6-12(10-19(17)37-23)26-21(30)14-7-5-13(27(32)33)9-15(14)22(26)31/h1-10H,11H2,(H,24,29). The quantitative estimate of drug-likeness (QED) is 0.153. The predicted octanol–water partition coefficient (Wildman–Crippen LogP) is 4.64. The van der Waals surface area contributed by atoms with Crippen LogP contribution in [0.25, 0.3) is 10.2 Å². The number of amides is 3.